The SMILES string of the molecule is C=C(NC(=C)c1ccc(N)cc1)c1ccc(N)cc1. The fraction of sp³-hybridized carbons (Fsp3) is 0. The molecule has 0 radical (unpaired) electrons. The van der Waals surface area contributed by atoms with Gasteiger partial charge < -0.3 is 16.8 Å². The van der Waals surface area contributed by atoms with E-state index in [4.69, 9.17) is 11.5 Å². The Balaban J connectivity index is 2.08. The first-order valence-corrected chi connectivity index (χ1v) is 5.93. The smallest absolute Gasteiger partial charge is 0.0384 e. The molecule has 0 spiro atoms. The molecule has 0 unspecified atom stereocenters. The molecule has 0 saturated heterocycles. The van der Waals surface area contributed by atoms with Gasteiger partial charge in [0, 0.05) is 22.8 Å². The minimum absolute atomic E-state index is 0.730. The summed E-state index contributed by atoms with van der Waals surface area (Å²) in [6, 6.07) is 15.0. The predicted octanol–water partition coefficient (Wildman–Crippen LogP) is 3.08. The summed E-state index contributed by atoms with van der Waals surface area (Å²) in [6.45, 7) is 8.00. The summed E-state index contributed by atoms with van der Waals surface area (Å²) in [4.78, 5) is 0. The molecule has 0 aliphatic carbocycles. The average Bonchev–Trinajstić information content (AvgIpc) is 2.40. The Labute approximate surface area is 113 Å². The topological polar surface area (TPSA) is 64.1 Å². The van der Waals surface area contributed by atoms with Crippen LogP contribution in [0, 0.1) is 0 Å². The monoisotopic (exact) mass is 251 g/mol. The second-order valence-electron chi connectivity index (χ2n) is 4.33. The van der Waals surface area contributed by atoms with Crippen LogP contribution in [0.2, 0.25) is 0 Å². The molecule has 0 heterocycles. The minimum atomic E-state index is 0.730. The number of rotatable bonds is 4. The van der Waals surface area contributed by atoms with Crippen LogP contribution in [0.15, 0.2) is 61.7 Å². The number of nitrogen functional groups attached to an aromatic ring is 2. The van der Waals surface area contributed by atoms with E-state index < -0.39 is 0 Å². The molecule has 0 aliphatic heterocycles. The van der Waals surface area contributed by atoms with Gasteiger partial charge in [0.25, 0.3) is 0 Å². The first-order valence-electron chi connectivity index (χ1n) is 5.93. The summed E-state index contributed by atoms with van der Waals surface area (Å²) >= 11 is 0. The van der Waals surface area contributed by atoms with Crippen LogP contribution < -0.4 is 16.8 Å². The first-order chi connectivity index (χ1) is 9.06. The van der Waals surface area contributed by atoms with Gasteiger partial charge in [-0.15, -0.1) is 0 Å². The van der Waals surface area contributed by atoms with Gasteiger partial charge in [-0.25, -0.2) is 0 Å². The van der Waals surface area contributed by atoms with Gasteiger partial charge in [0.1, 0.15) is 0 Å². The second-order valence-corrected chi connectivity index (χ2v) is 4.33. The highest BCUT2D eigenvalue weighted by atomic mass is 14.9. The Morgan fingerprint density at radius 1 is 0.684 bits per heavy atom. The Bertz CT molecular complexity index is 539. The number of hydrogen-bond acceptors (Lipinski definition) is 3. The lowest BCUT2D eigenvalue weighted by Gasteiger charge is -2.13. The van der Waals surface area contributed by atoms with Crippen molar-refractivity contribution in [1.29, 1.82) is 0 Å². The maximum Gasteiger partial charge on any atom is 0.0384 e. The summed E-state index contributed by atoms with van der Waals surface area (Å²) in [7, 11) is 0. The lowest BCUT2D eigenvalue weighted by Crippen LogP contribution is -2.09. The molecule has 0 atom stereocenters. The van der Waals surface area contributed by atoms with Crippen LogP contribution in [-0.2, 0) is 0 Å². The van der Waals surface area contributed by atoms with Crippen molar-refractivity contribution in [2.75, 3.05) is 11.5 Å². The standard InChI is InChI=1S/C16H17N3/c1-11(13-3-7-15(17)8-4-13)19-12(2)14-5-9-16(18)10-6-14/h3-10,19H,1-2,17-18H2. The van der Waals surface area contributed by atoms with Gasteiger partial charge in [-0.3, -0.25) is 0 Å². The van der Waals surface area contributed by atoms with E-state index in [0.29, 0.717) is 0 Å². The Morgan fingerprint density at radius 3 is 1.32 bits per heavy atom. The molecule has 0 saturated carbocycles. The van der Waals surface area contributed by atoms with Crippen LogP contribution in [0.4, 0.5) is 11.4 Å². The molecular formula is C16H17N3. The van der Waals surface area contributed by atoms with E-state index in [9.17, 15) is 0 Å². The van der Waals surface area contributed by atoms with Crippen molar-refractivity contribution in [3.63, 3.8) is 0 Å². The van der Waals surface area contributed by atoms with E-state index in [0.717, 1.165) is 33.9 Å². The van der Waals surface area contributed by atoms with Gasteiger partial charge >= 0.3 is 0 Å². The van der Waals surface area contributed by atoms with Crippen molar-refractivity contribution in [1.82, 2.24) is 5.32 Å². The maximum atomic E-state index is 5.65. The molecule has 0 bridgehead atoms. The number of anilines is 2. The molecule has 0 amide bonds. The lowest BCUT2D eigenvalue weighted by atomic mass is 10.1. The summed E-state index contributed by atoms with van der Waals surface area (Å²) in [5, 5.41) is 3.18. The summed E-state index contributed by atoms with van der Waals surface area (Å²) in [5.74, 6) is 0. The van der Waals surface area contributed by atoms with Crippen molar-refractivity contribution < 1.29 is 0 Å². The van der Waals surface area contributed by atoms with Gasteiger partial charge in [0.05, 0.1) is 0 Å². The van der Waals surface area contributed by atoms with Crippen LogP contribution in [0.5, 0.6) is 0 Å². The van der Waals surface area contributed by atoms with E-state index >= 15 is 0 Å². The minimum Gasteiger partial charge on any atom is -0.399 e. The molecule has 5 N–H and O–H groups in total. The zero-order chi connectivity index (χ0) is 13.8. The number of nitrogens with two attached hydrogens (primary N) is 2. The van der Waals surface area contributed by atoms with E-state index in [2.05, 4.69) is 18.5 Å². The Hall–Kier alpha value is -2.68. The molecule has 3 nitrogen and oxygen atoms in total. The highest BCUT2D eigenvalue weighted by molar-refractivity contribution is 5.75. The van der Waals surface area contributed by atoms with Crippen molar-refractivity contribution in [2.24, 2.45) is 0 Å². The van der Waals surface area contributed by atoms with Gasteiger partial charge in [0.2, 0.25) is 0 Å². The quantitative estimate of drug-likeness (QED) is 0.732. The maximum absolute atomic E-state index is 5.65. The van der Waals surface area contributed by atoms with Crippen LogP contribution in [-0.4, -0.2) is 0 Å². The molecular weight excluding hydrogens is 234 g/mol. The first kappa shape index (κ1) is 12.8. The van der Waals surface area contributed by atoms with Crippen LogP contribution >= 0.6 is 0 Å². The molecule has 96 valence electrons. The van der Waals surface area contributed by atoms with Gasteiger partial charge in [-0.05, 0) is 35.4 Å². The Morgan fingerprint density at radius 2 is 1.00 bits per heavy atom. The molecule has 0 aromatic heterocycles. The van der Waals surface area contributed by atoms with Gasteiger partial charge in [0.15, 0.2) is 0 Å². The zero-order valence-electron chi connectivity index (χ0n) is 10.7. The van der Waals surface area contributed by atoms with Crippen LogP contribution in [0.25, 0.3) is 11.4 Å². The molecule has 2 aromatic carbocycles. The zero-order valence-corrected chi connectivity index (χ0v) is 10.7. The second kappa shape index (κ2) is 5.31. The van der Waals surface area contributed by atoms with Crippen molar-refractivity contribution in [3.05, 3.63) is 72.8 Å². The summed E-state index contributed by atoms with van der Waals surface area (Å²) in [5.41, 5.74) is 16.3. The molecule has 2 aromatic rings. The third-order valence-corrected chi connectivity index (χ3v) is 2.82. The van der Waals surface area contributed by atoms with Gasteiger partial charge in [-0.1, -0.05) is 37.4 Å². The van der Waals surface area contributed by atoms with Crippen molar-refractivity contribution >= 4 is 22.8 Å². The summed E-state index contributed by atoms with van der Waals surface area (Å²) in [6.07, 6.45) is 0. The number of hydrogen-bond donors (Lipinski definition) is 3. The largest absolute Gasteiger partial charge is 0.399 e. The van der Waals surface area contributed by atoms with E-state index in [1.165, 1.54) is 0 Å². The van der Waals surface area contributed by atoms with E-state index in [1.54, 1.807) is 0 Å². The highest BCUT2D eigenvalue weighted by Gasteiger charge is 2.02. The van der Waals surface area contributed by atoms with Crippen molar-refractivity contribution in [2.45, 2.75) is 0 Å². The molecule has 19 heavy (non-hydrogen) atoms. The molecule has 2 rings (SSSR count). The number of nitrogens with one attached hydrogen (secondary N) is 1. The fourth-order valence-corrected chi connectivity index (χ4v) is 1.70. The van der Waals surface area contributed by atoms with E-state index in [1.807, 2.05) is 48.5 Å². The average molecular weight is 251 g/mol. The van der Waals surface area contributed by atoms with Crippen molar-refractivity contribution in [3.8, 4) is 0 Å². The van der Waals surface area contributed by atoms with Crippen LogP contribution in [0.3, 0.4) is 0 Å². The van der Waals surface area contributed by atoms with E-state index in [-0.39, 0.29) is 0 Å². The third kappa shape index (κ3) is 3.16. The summed E-state index contributed by atoms with van der Waals surface area (Å²) < 4.78 is 0. The fourth-order valence-electron chi connectivity index (χ4n) is 1.70. The third-order valence-electron chi connectivity index (χ3n) is 2.82. The van der Waals surface area contributed by atoms with Crippen LogP contribution in [0.1, 0.15) is 11.1 Å². The highest BCUT2D eigenvalue weighted by Crippen LogP contribution is 2.18. The molecule has 0 fully saturated rings. The van der Waals surface area contributed by atoms with Gasteiger partial charge in [-0.2, -0.15) is 0 Å². The molecule has 3 heteroatoms. The molecule has 0 aliphatic rings. The lowest BCUT2D eigenvalue weighted by molar-refractivity contribution is 1.25. The predicted molar refractivity (Wildman–Crippen MR) is 82.9 cm³/mol. The Kier molecular flexibility index (Phi) is 3.57. The number of benzene rings is 2. The normalized spacial score (nSPS) is 9.89.